The van der Waals surface area contributed by atoms with Gasteiger partial charge in [0.1, 0.15) is 4.90 Å². The Morgan fingerprint density at radius 1 is 1.31 bits per heavy atom. The van der Waals surface area contributed by atoms with Gasteiger partial charge in [0.2, 0.25) is 0 Å². The van der Waals surface area contributed by atoms with Gasteiger partial charge in [-0.2, -0.15) is 0 Å². The van der Waals surface area contributed by atoms with Crippen LogP contribution in [-0.4, -0.2) is 24.7 Å². The lowest BCUT2D eigenvalue weighted by Crippen LogP contribution is -2.36. The summed E-state index contributed by atoms with van der Waals surface area (Å²) in [6.45, 7) is 3.35. The number of fused-ring (bicyclic) bond motifs is 1. The summed E-state index contributed by atoms with van der Waals surface area (Å²) in [5, 5.41) is 0. The van der Waals surface area contributed by atoms with Crippen LogP contribution in [0.3, 0.4) is 0 Å². The third kappa shape index (κ3) is 1.40. The topological polar surface area (TPSA) is 54.5 Å². The Bertz CT molecular complexity index is 565. The summed E-state index contributed by atoms with van der Waals surface area (Å²) >= 11 is 3.20. The Labute approximate surface area is 102 Å². The van der Waals surface area contributed by atoms with Crippen molar-refractivity contribution in [2.45, 2.75) is 24.8 Å². The van der Waals surface area contributed by atoms with E-state index < -0.39 is 15.9 Å². The molecule has 0 atom stereocenters. The number of benzene rings is 1. The van der Waals surface area contributed by atoms with Crippen LogP contribution >= 0.6 is 15.9 Å². The summed E-state index contributed by atoms with van der Waals surface area (Å²) in [4.78, 5) is 12.1. The van der Waals surface area contributed by atoms with E-state index >= 15 is 0 Å². The van der Waals surface area contributed by atoms with Crippen LogP contribution in [0, 0.1) is 0 Å². The lowest BCUT2D eigenvalue weighted by Gasteiger charge is -2.18. The summed E-state index contributed by atoms with van der Waals surface area (Å²) in [6.07, 6.45) is 0. The SMILES string of the molecule is CC(C)N1C(=O)c2c(Br)cccc2S1(=O)=O. The molecule has 1 aromatic rings. The maximum Gasteiger partial charge on any atom is 0.270 e. The molecule has 1 heterocycles. The zero-order chi connectivity index (χ0) is 12.1. The van der Waals surface area contributed by atoms with E-state index in [2.05, 4.69) is 15.9 Å². The van der Waals surface area contributed by atoms with Gasteiger partial charge >= 0.3 is 0 Å². The predicted octanol–water partition coefficient (Wildman–Crippen LogP) is 2.00. The first kappa shape index (κ1) is 11.6. The van der Waals surface area contributed by atoms with Gasteiger partial charge in [0.05, 0.1) is 5.56 Å². The van der Waals surface area contributed by atoms with Gasteiger partial charge in [0.15, 0.2) is 0 Å². The Kier molecular flexibility index (Phi) is 2.58. The van der Waals surface area contributed by atoms with Crippen molar-refractivity contribution in [2.24, 2.45) is 0 Å². The number of hydrogen-bond donors (Lipinski definition) is 0. The molecule has 0 fully saturated rings. The van der Waals surface area contributed by atoms with Crippen molar-refractivity contribution in [1.82, 2.24) is 4.31 Å². The number of carbonyl (C=O) groups is 1. The Hall–Kier alpha value is -0.880. The van der Waals surface area contributed by atoms with Gasteiger partial charge in [0.25, 0.3) is 15.9 Å². The highest BCUT2D eigenvalue weighted by Gasteiger charge is 2.43. The van der Waals surface area contributed by atoms with Gasteiger partial charge < -0.3 is 0 Å². The fourth-order valence-electron chi connectivity index (χ4n) is 1.76. The van der Waals surface area contributed by atoms with E-state index in [9.17, 15) is 13.2 Å². The molecule has 4 nitrogen and oxygen atoms in total. The molecule has 0 N–H and O–H groups in total. The van der Waals surface area contributed by atoms with E-state index in [0.29, 0.717) is 4.47 Å². The summed E-state index contributed by atoms with van der Waals surface area (Å²) < 4.78 is 25.6. The van der Waals surface area contributed by atoms with Gasteiger partial charge in [0, 0.05) is 10.5 Å². The normalized spacial score (nSPS) is 18.0. The van der Waals surface area contributed by atoms with E-state index in [1.807, 2.05) is 0 Å². The molecular formula is C10H10BrNO3S. The second kappa shape index (κ2) is 3.56. The Morgan fingerprint density at radius 3 is 2.44 bits per heavy atom. The average Bonchev–Trinajstić information content (AvgIpc) is 2.35. The predicted molar refractivity (Wildman–Crippen MR) is 62.6 cm³/mol. The summed E-state index contributed by atoms with van der Waals surface area (Å²) in [7, 11) is -3.66. The van der Waals surface area contributed by atoms with Crippen LogP contribution in [0.1, 0.15) is 24.2 Å². The van der Waals surface area contributed by atoms with Crippen LogP contribution in [0.2, 0.25) is 0 Å². The highest BCUT2D eigenvalue weighted by Crippen LogP contribution is 2.35. The van der Waals surface area contributed by atoms with Gasteiger partial charge in [-0.3, -0.25) is 4.79 Å². The quantitative estimate of drug-likeness (QED) is 0.797. The number of sulfonamides is 1. The minimum absolute atomic E-state index is 0.0839. The van der Waals surface area contributed by atoms with Crippen molar-refractivity contribution < 1.29 is 13.2 Å². The molecule has 0 saturated carbocycles. The van der Waals surface area contributed by atoms with Gasteiger partial charge in [-0.15, -0.1) is 0 Å². The molecule has 0 aliphatic carbocycles. The van der Waals surface area contributed by atoms with Crippen LogP contribution < -0.4 is 0 Å². The second-order valence-electron chi connectivity index (χ2n) is 3.81. The number of amides is 1. The maximum atomic E-state index is 12.1. The first-order valence-electron chi connectivity index (χ1n) is 4.74. The molecule has 1 amide bonds. The van der Waals surface area contributed by atoms with Gasteiger partial charge in [-0.25, -0.2) is 12.7 Å². The smallest absolute Gasteiger partial charge is 0.268 e. The summed E-state index contributed by atoms with van der Waals surface area (Å²) in [5.41, 5.74) is 0.233. The molecular weight excluding hydrogens is 294 g/mol. The maximum absolute atomic E-state index is 12.1. The van der Waals surface area contributed by atoms with Crippen molar-refractivity contribution in [3.8, 4) is 0 Å². The average molecular weight is 304 g/mol. The van der Waals surface area contributed by atoms with Crippen LogP contribution in [0.15, 0.2) is 27.6 Å². The zero-order valence-corrected chi connectivity index (χ0v) is 11.2. The van der Waals surface area contributed by atoms with E-state index in [1.54, 1.807) is 26.0 Å². The zero-order valence-electron chi connectivity index (χ0n) is 8.77. The Morgan fingerprint density at radius 2 is 1.94 bits per heavy atom. The van der Waals surface area contributed by atoms with Crippen molar-refractivity contribution in [2.75, 3.05) is 0 Å². The van der Waals surface area contributed by atoms with Crippen LogP contribution in [0.5, 0.6) is 0 Å². The van der Waals surface area contributed by atoms with E-state index in [1.165, 1.54) is 6.07 Å². The highest BCUT2D eigenvalue weighted by molar-refractivity contribution is 9.10. The third-order valence-corrected chi connectivity index (χ3v) is 5.06. The molecule has 1 aliphatic heterocycles. The molecule has 16 heavy (non-hydrogen) atoms. The molecule has 2 rings (SSSR count). The first-order valence-corrected chi connectivity index (χ1v) is 6.98. The number of rotatable bonds is 1. The third-order valence-electron chi connectivity index (χ3n) is 2.40. The standard InChI is InChI=1S/C10H10BrNO3S/c1-6(2)12-10(13)9-7(11)4-3-5-8(9)16(12,14)15/h3-6H,1-2H3. The molecule has 0 saturated heterocycles. The van der Waals surface area contributed by atoms with Crippen molar-refractivity contribution in [1.29, 1.82) is 0 Å². The minimum atomic E-state index is -3.66. The Balaban J connectivity index is 2.77. The molecule has 1 aliphatic rings. The molecule has 6 heteroatoms. The van der Waals surface area contributed by atoms with Gasteiger partial charge in [-0.05, 0) is 41.9 Å². The molecule has 1 aromatic carbocycles. The first-order chi connectivity index (χ1) is 7.37. The second-order valence-corrected chi connectivity index (χ2v) is 6.45. The lowest BCUT2D eigenvalue weighted by molar-refractivity contribution is 0.0846. The van der Waals surface area contributed by atoms with Crippen LogP contribution in [0.25, 0.3) is 0 Å². The van der Waals surface area contributed by atoms with Crippen molar-refractivity contribution >= 4 is 31.9 Å². The van der Waals surface area contributed by atoms with Crippen LogP contribution in [-0.2, 0) is 10.0 Å². The molecule has 0 aromatic heterocycles. The molecule has 86 valence electrons. The van der Waals surface area contributed by atoms with Crippen LogP contribution in [0.4, 0.5) is 0 Å². The number of hydrogen-bond acceptors (Lipinski definition) is 3. The monoisotopic (exact) mass is 303 g/mol. The number of nitrogens with zero attached hydrogens (tertiary/aromatic N) is 1. The van der Waals surface area contributed by atoms with Gasteiger partial charge in [-0.1, -0.05) is 6.07 Å². The van der Waals surface area contributed by atoms with Crippen molar-refractivity contribution in [3.63, 3.8) is 0 Å². The molecule has 0 spiro atoms. The van der Waals surface area contributed by atoms with E-state index in [4.69, 9.17) is 0 Å². The molecule has 0 radical (unpaired) electrons. The lowest BCUT2D eigenvalue weighted by atomic mass is 10.2. The molecule has 0 bridgehead atoms. The largest absolute Gasteiger partial charge is 0.270 e. The summed E-state index contributed by atoms with van der Waals surface area (Å²) in [5.74, 6) is -0.461. The number of carbonyl (C=O) groups excluding carboxylic acids is 1. The minimum Gasteiger partial charge on any atom is -0.268 e. The van der Waals surface area contributed by atoms with E-state index in [-0.39, 0.29) is 16.5 Å². The fourth-order valence-corrected chi connectivity index (χ4v) is 4.21. The highest BCUT2D eigenvalue weighted by atomic mass is 79.9. The number of halogens is 1. The summed E-state index contributed by atoms with van der Waals surface area (Å²) in [6, 6.07) is 4.35. The van der Waals surface area contributed by atoms with Crippen molar-refractivity contribution in [3.05, 3.63) is 28.2 Å². The van der Waals surface area contributed by atoms with E-state index in [0.717, 1.165) is 4.31 Å². The fraction of sp³-hybridized carbons (Fsp3) is 0.300. The molecule has 0 unspecified atom stereocenters.